The summed E-state index contributed by atoms with van der Waals surface area (Å²) < 4.78 is 2.37. The van der Waals surface area contributed by atoms with Gasteiger partial charge < -0.3 is 4.57 Å². The van der Waals surface area contributed by atoms with Crippen LogP contribution in [0.1, 0.15) is 38.6 Å². The molecule has 1 nitrogen and oxygen atoms in total. The molecule has 1 aliphatic carbocycles. The smallest absolute Gasteiger partial charge is 0.0330 e. The normalized spacial score (nSPS) is 30.4. The molecule has 1 saturated carbocycles. The first-order valence-corrected chi connectivity index (χ1v) is 4.98. The van der Waals surface area contributed by atoms with E-state index < -0.39 is 0 Å². The van der Waals surface area contributed by atoms with Crippen molar-refractivity contribution in [3.05, 3.63) is 24.5 Å². The molecule has 0 atom stereocenters. The van der Waals surface area contributed by atoms with Crippen LogP contribution in [0.4, 0.5) is 0 Å². The maximum absolute atomic E-state index is 2.37. The molecule has 0 amide bonds. The molecule has 0 spiro atoms. The number of aromatic nitrogens is 1. The molecule has 1 aliphatic rings. The monoisotopic (exact) mass is 163 g/mol. The quantitative estimate of drug-likeness (QED) is 0.599. The predicted octanol–water partition coefficient (Wildman–Crippen LogP) is 3.24. The molecule has 0 bridgehead atoms. The van der Waals surface area contributed by atoms with Crippen molar-refractivity contribution in [3.8, 4) is 0 Å². The molecule has 1 heterocycles. The van der Waals surface area contributed by atoms with Crippen molar-refractivity contribution in [3.63, 3.8) is 0 Å². The molecule has 0 radical (unpaired) electrons. The molecule has 66 valence electrons. The maximum Gasteiger partial charge on any atom is 0.0330 e. The average molecular weight is 163 g/mol. The Labute approximate surface area is 74.4 Å². The van der Waals surface area contributed by atoms with Crippen molar-refractivity contribution < 1.29 is 0 Å². The van der Waals surface area contributed by atoms with E-state index in [-0.39, 0.29) is 0 Å². The number of hydrogen-bond donors (Lipinski definition) is 0. The summed E-state index contributed by atoms with van der Waals surface area (Å²) in [4.78, 5) is 0. The van der Waals surface area contributed by atoms with Crippen LogP contribution in [0.25, 0.3) is 0 Å². The van der Waals surface area contributed by atoms with Gasteiger partial charge in [0.05, 0.1) is 0 Å². The van der Waals surface area contributed by atoms with Crippen LogP contribution in [0.3, 0.4) is 0 Å². The lowest BCUT2D eigenvalue weighted by atomic mass is 9.87. The van der Waals surface area contributed by atoms with Gasteiger partial charge in [-0.2, -0.15) is 0 Å². The third-order valence-electron chi connectivity index (χ3n) is 3.03. The SMILES string of the molecule is CC1CCC(n2cccc2)CC1. The Morgan fingerprint density at radius 3 is 2.17 bits per heavy atom. The fourth-order valence-electron chi connectivity index (χ4n) is 2.13. The van der Waals surface area contributed by atoms with Gasteiger partial charge in [0.2, 0.25) is 0 Å². The second-order valence-electron chi connectivity index (χ2n) is 4.04. The Bertz CT molecular complexity index is 217. The van der Waals surface area contributed by atoms with Crippen molar-refractivity contribution in [1.82, 2.24) is 4.57 Å². The molecule has 1 aromatic heterocycles. The lowest BCUT2D eigenvalue weighted by molar-refractivity contribution is 0.290. The zero-order valence-corrected chi connectivity index (χ0v) is 7.74. The van der Waals surface area contributed by atoms with E-state index in [0.717, 1.165) is 12.0 Å². The van der Waals surface area contributed by atoms with Crippen LogP contribution in [-0.4, -0.2) is 4.57 Å². The van der Waals surface area contributed by atoms with Gasteiger partial charge in [0.15, 0.2) is 0 Å². The fourth-order valence-corrected chi connectivity index (χ4v) is 2.13. The number of rotatable bonds is 1. The van der Waals surface area contributed by atoms with Gasteiger partial charge in [-0.1, -0.05) is 6.92 Å². The van der Waals surface area contributed by atoms with Crippen LogP contribution >= 0.6 is 0 Å². The van der Waals surface area contributed by atoms with Crippen LogP contribution in [0.15, 0.2) is 24.5 Å². The Balaban J connectivity index is 1.99. The zero-order valence-electron chi connectivity index (χ0n) is 7.74. The standard InChI is InChI=1S/C11H17N/c1-10-4-6-11(7-5-10)12-8-2-3-9-12/h2-3,8-11H,4-7H2,1H3. The van der Waals surface area contributed by atoms with E-state index in [0.29, 0.717) is 0 Å². The first-order valence-electron chi connectivity index (χ1n) is 4.98. The van der Waals surface area contributed by atoms with Crippen LogP contribution in [0.2, 0.25) is 0 Å². The van der Waals surface area contributed by atoms with Crippen molar-refractivity contribution in [2.45, 2.75) is 38.6 Å². The maximum atomic E-state index is 2.37. The van der Waals surface area contributed by atoms with Gasteiger partial charge in [-0.25, -0.2) is 0 Å². The molecule has 1 aromatic rings. The summed E-state index contributed by atoms with van der Waals surface area (Å²) in [7, 11) is 0. The van der Waals surface area contributed by atoms with Crippen molar-refractivity contribution >= 4 is 0 Å². The first-order chi connectivity index (χ1) is 5.86. The summed E-state index contributed by atoms with van der Waals surface area (Å²) in [5.41, 5.74) is 0. The minimum absolute atomic E-state index is 0.788. The van der Waals surface area contributed by atoms with Gasteiger partial charge in [0, 0.05) is 18.4 Å². The highest BCUT2D eigenvalue weighted by atomic mass is 15.0. The van der Waals surface area contributed by atoms with Crippen LogP contribution < -0.4 is 0 Å². The molecular formula is C11H17N. The summed E-state index contributed by atoms with van der Waals surface area (Å²) in [5, 5.41) is 0. The topological polar surface area (TPSA) is 4.93 Å². The summed E-state index contributed by atoms with van der Waals surface area (Å²) in [5.74, 6) is 0.955. The van der Waals surface area contributed by atoms with E-state index in [1.807, 2.05) is 0 Å². The van der Waals surface area contributed by atoms with Gasteiger partial charge in [0.1, 0.15) is 0 Å². The molecule has 0 aromatic carbocycles. The van der Waals surface area contributed by atoms with E-state index in [1.54, 1.807) is 0 Å². The molecule has 1 heteroatoms. The van der Waals surface area contributed by atoms with Crippen LogP contribution in [-0.2, 0) is 0 Å². The van der Waals surface area contributed by atoms with Gasteiger partial charge in [0.25, 0.3) is 0 Å². The van der Waals surface area contributed by atoms with Crippen LogP contribution in [0, 0.1) is 5.92 Å². The van der Waals surface area contributed by atoms with Gasteiger partial charge in [-0.05, 0) is 43.7 Å². The molecule has 1 fully saturated rings. The highest BCUT2D eigenvalue weighted by Gasteiger charge is 2.18. The van der Waals surface area contributed by atoms with Crippen molar-refractivity contribution in [2.75, 3.05) is 0 Å². The van der Waals surface area contributed by atoms with E-state index in [2.05, 4.69) is 36.0 Å². The lowest BCUT2D eigenvalue weighted by Gasteiger charge is -2.27. The molecule has 2 rings (SSSR count). The summed E-state index contributed by atoms with van der Waals surface area (Å²) in [6, 6.07) is 5.03. The highest BCUT2D eigenvalue weighted by Crippen LogP contribution is 2.31. The number of hydrogen-bond acceptors (Lipinski definition) is 0. The van der Waals surface area contributed by atoms with Crippen molar-refractivity contribution in [1.29, 1.82) is 0 Å². The minimum atomic E-state index is 0.788. The molecule has 0 saturated heterocycles. The third-order valence-corrected chi connectivity index (χ3v) is 3.03. The van der Waals surface area contributed by atoms with E-state index >= 15 is 0 Å². The molecule has 0 N–H and O–H groups in total. The van der Waals surface area contributed by atoms with E-state index in [9.17, 15) is 0 Å². The largest absolute Gasteiger partial charge is 0.351 e. The lowest BCUT2D eigenvalue weighted by Crippen LogP contribution is -2.15. The number of nitrogens with zero attached hydrogens (tertiary/aromatic N) is 1. The third kappa shape index (κ3) is 1.55. The van der Waals surface area contributed by atoms with Gasteiger partial charge >= 0.3 is 0 Å². The first kappa shape index (κ1) is 7.90. The fraction of sp³-hybridized carbons (Fsp3) is 0.636. The minimum Gasteiger partial charge on any atom is -0.351 e. The highest BCUT2D eigenvalue weighted by molar-refractivity contribution is 4.93. The Hall–Kier alpha value is -0.720. The molecular weight excluding hydrogens is 146 g/mol. The second kappa shape index (κ2) is 3.34. The Morgan fingerprint density at radius 1 is 1.00 bits per heavy atom. The summed E-state index contributed by atoms with van der Waals surface area (Å²) >= 11 is 0. The molecule has 0 unspecified atom stereocenters. The van der Waals surface area contributed by atoms with E-state index in [4.69, 9.17) is 0 Å². The zero-order chi connectivity index (χ0) is 8.39. The van der Waals surface area contributed by atoms with E-state index in [1.165, 1.54) is 25.7 Å². The summed E-state index contributed by atoms with van der Waals surface area (Å²) in [6.07, 6.45) is 9.94. The average Bonchev–Trinajstić information content (AvgIpc) is 2.58. The second-order valence-corrected chi connectivity index (χ2v) is 4.04. The molecule has 0 aliphatic heterocycles. The van der Waals surface area contributed by atoms with Gasteiger partial charge in [-0.15, -0.1) is 0 Å². The predicted molar refractivity (Wildman–Crippen MR) is 51.1 cm³/mol. The van der Waals surface area contributed by atoms with Crippen LogP contribution in [0.5, 0.6) is 0 Å². The summed E-state index contributed by atoms with van der Waals surface area (Å²) in [6.45, 7) is 2.37. The Kier molecular flexibility index (Phi) is 2.20. The van der Waals surface area contributed by atoms with Gasteiger partial charge in [-0.3, -0.25) is 0 Å². The van der Waals surface area contributed by atoms with Crippen molar-refractivity contribution in [2.24, 2.45) is 5.92 Å². The Morgan fingerprint density at radius 2 is 1.58 bits per heavy atom. The molecule has 12 heavy (non-hydrogen) atoms.